The van der Waals surface area contributed by atoms with Gasteiger partial charge in [-0.05, 0) is 25.7 Å². The van der Waals surface area contributed by atoms with Crippen molar-refractivity contribution in [2.45, 2.75) is 49.4 Å². The summed E-state index contributed by atoms with van der Waals surface area (Å²) < 4.78 is 11.7. The molecule has 3 saturated heterocycles. The van der Waals surface area contributed by atoms with Gasteiger partial charge in [0.15, 0.2) is 5.78 Å². The van der Waals surface area contributed by atoms with Crippen LogP contribution >= 0.6 is 0 Å². The molecule has 4 rings (SSSR count). The van der Waals surface area contributed by atoms with Crippen LogP contribution in [0, 0.1) is 11.8 Å². The molecule has 1 N–H and O–H groups in total. The summed E-state index contributed by atoms with van der Waals surface area (Å²) in [5, 5.41) is 10.7. The topological polar surface area (TPSA) is 55.8 Å². The van der Waals surface area contributed by atoms with Crippen molar-refractivity contribution in [1.82, 2.24) is 0 Å². The van der Waals surface area contributed by atoms with Gasteiger partial charge >= 0.3 is 0 Å². The molecule has 3 heterocycles. The van der Waals surface area contributed by atoms with Crippen molar-refractivity contribution in [1.29, 1.82) is 0 Å². The Morgan fingerprint density at radius 2 is 2.24 bits per heavy atom. The van der Waals surface area contributed by atoms with E-state index in [1.165, 1.54) is 0 Å². The Kier molecular flexibility index (Phi) is 1.91. The zero-order chi connectivity index (χ0) is 11.7. The fourth-order valence-electron chi connectivity index (χ4n) is 4.43. The van der Waals surface area contributed by atoms with Gasteiger partial charge in [-0.15, -0.1) is 0 Å². The van der Waals surface area contributed by atoms with Crippen molar-refractivity contribution in [2.75, 3.05) is 13.2 Å². The van der Waals surface area contributed by atoms with Gasteiger partial charge in [0.25, 0.3) is 0 Å². The minimum Gasteiger partial charge on any atom is -0.379 e. The molecule has 0 aromatic rings. The molecular weight excluding hydrogens is 220 g/mol. The molecule has 0 aromatic carbocycles. The van der Waals surface area contributed by atoms with Gasteiger partial charge in [-0.1, -0.05) is 6.42 Å². The fraction of sp³-hybridized carbons (Fsp3) is 0.923. The van der Waals surface area contributed by atoms with E-state index in [1.54, 1.807) is 0 Å². The minimum atomic E-state index is -1.20. The van der Waals surface area contributed by atoms with E-state index in [0.717, 1.165) is 25.7 Å². The van der Waals surface area contributed by atoms with Crippen molar-refractivity contribution < 1.29 is 19.4 Å². The highest BCUT2D eigenvalue weighted by Gasteiger charge is 2.69. The van der Waals surface area contributed by atoms with Gasteiger partial charge in [-0.3, -0.25) is 4.79 Å². The van der Waals surface area contributed by atoms with Gasteiger partial charge in [0.1, 0.15) is 11.2 Å². The second kappa shape index (κ2) is 3.11. The molecule has 3 aliphatic heterocycles. The molecule has 1 saturated carbocycles. The predicted molar refractivity (Wildman–Crippen MR) is 58.4 cm³/mol. The van der Waals surface area contributed by atoms with Gasteiger partial charge in [-0.2, -0.15) is 0 Å². The number of rotatable bonds is 0. The fourth-order valence-corrected chi connectivity index (χ4v) is 4.43. The molecule has 94 valence electrons. The van der Waals surface area contributed by atoms with Gasteiger partial charge < -0.3 is 14.6 Å². The maximum atomic E-state index is 12.6. The first kappa shape index (κ1) is 10.5. The summed E-state index contributed by atoms with van der Waals surface area (Å²) in [4.78, 5) is 12.6. The Bertz CT molecular complexity index is 382. The second-order valence-corrected chi connectivity index (χ2v) is 6.10. The molecule has 4 aliphatic rings. The van der Waals surface area contributed by atoms with E-state index in [-0.39, 0.29) is 17.8 Å². The zero-order valence-corrected chi connectivity index (χ0v) is 9.85. The highest BCUT2D eigenvalue weighted by atomic mass is 16.6. The van der Waals surface area contributed by atoms with Crippen LogP contribution in [0.25, 0.3) is 0 Å². The molecular formula is C13H18O4. The molecule has 17 heavy (non-hydrogen) atoms. The number of hydrogen-bond acceptors (Lipinski definition) is 4. The summed E-state index contributed by atoms with van der Waals surface area (Å²) in [5.41, 5.74) is -1.59. The largest absolute Gasteiger partial charge is 0.379 e. The Labute approximate surface area is 100 Å². The maximum absolute atomic E-state index is 12.6. The van der Waals surface area contributed by atoms with E-state index in [2.05, 4.69) is 0 Å². The first-order valence-corrected chi connectivity index (χ1v) is 6.69. The lowest BCUT2D eigenvalue weighted by molar-refractivity contribution is -0.208. The molecule has 1 spiro atoms. The number of hydrogen-bond donors (Lipinski definition) is 1. The highest BCUT2D eigenvalue weighted by Crippen LogP contribution is 2.56. The number of ether oxygens (including phenoxy) is 2. The van der Waals surface area contributed by atoms with Crippen molar-refractivity contribution in [3.05, 3.63) is 0 Å². The van der Waals surface area contributed by atoms with E-state index in [9.17, 15) is 9.90 Å². The third-order valence-electron chi connectivity index (χ3n) is 5.36. The van der Waals surface area contributed by atoms with E-state index in [0.29, 0.717) is 25.6 Å². The van der Waals surface area contributed by atoms with Crippen LogP contribution in [0.15, 0.2) is 0 Å². The Hall–Kier alpha value is -0.450. The normalized spacial score (nSPS) is 56.8. The lowest BCUT2D eigenvalue weighted by atomic mass is 9.74. The van der Waals surface area contributed by atoms with E-state index >= 15 is 0 Å². The van der Waals surface area contributed by atoms with Crippen LogP contribution < -0.4 is 0 Å². The SMILES string of the molecule is O=C1[C@@H]2CCCC[C@@]1(O)[C@@H]1C[C@H]3COC[C@@]32O1. The third-order valence-corrected chi connectivity index (χ3v) is 5.36. The van der Waals surface area contributed by atoms with E-state index in [1.807, 2.05) is 0 Å². The minimum absolute atomic E-state index is 0.0410. The summed E-state index contributed by atoms with van der Waals surface area (Å²) >= 11 is 0. The van der Waals surface area contributed by atoms with Crippen LogP contribution in [0.3, 0.4) is 0 Å². The van der Waals surface area contributed by atoms with Crippen LogP contribution in [-0.2, 0) is 14.3 Å². The van der Waals surface area contributed by atoms with Crippen LogP contribution in [0.4, 0.5) is 0 Å². The summed E-state index contributed by atoms with van der Waals surface area (Å²) in [6.45, 7) is 1.23. The first-order valence-electron chi connectivity index (χ1n) is 6.69. The standard InChI is InChI=1S/C13H18O4/c14-11-9-3-1-2-4-12(11,15)10-5-8-6-16-7-13(8,9)17-10/h8-10,15H,1-7H2/t8-,9-,10-,12+,13+/m0/s1. The maximum Gasteiger partial charge on any atom is 0.173 e. The number of fused-ring (bicyclic) bond motifs is 4. The summed E-state index contributed by atoms with van der Waals surface area (Å²) in [6.07, 6.45) is 3.89. The lowest BCUT2D eigenvalue weighted by Gasteiger charge is -2.44. The molecule has 0 radical (unpaired) electrons. The van der Waals surface area contributed by atoms with Crippen LogP contribution in [-0.4, -0.2) is 41.4 Å². The van der Waals surface area contributed by atoms with E-state index in [4.69, 9.17) is 9.47 Å². The molecule has 4 nitrogen and oxygen atoms in total. The molecule has 5 atom stereocenters. The third kappa shape index (κ3) is 1.07. The van der Waals surface area contributed by atoms with Crippen molar-refractivity contribution >= 4 is 5.78 Å². The number of Topliss-reactive ketones (excluding diaryl/α,β-unsaturated/α-hetero) is 1. The van der Waals surface area contributed by atoms with Crippen LogP contribution in [0.2, 0.25) is 0 Å². The summed E-state index contributed by atoms with van der Waals surface area (Å²) in [6, 6.07) is 0. The molecule has 1 aliphatic carbocycles. The summed E-state index contributed by atoms with van der Waals surface area (Å²) in [7, 11) is 0. The quantitative estimate of drug-likeness (QED) is 0.673. The monoisotopic (exact) mass is 238 g/mol. The van der Waals surface area contributed by atoms with E-state index < -0.39 is 11.2 Å². The molecule has 4 fully saturated rings. The Balaban J connectivity index is 1.85. The number of aliphatic hydroxyl groups is 1. The second-order valence-electron chi connectivity index (χ2n) is 6.10. The highest BCUT2D eigenvalue weighted by molar-refractivity contribution is 5.92. The van der Waals surface area contributed by atoms with Gasteiger partial charge in [0.2, 0.25) is 0 Å². The molecule has 0 amide bonds. The van der Waals surface area contributed by atoms with Crippen molar-refractivity contribution in [3.8, 4) is 0 Å². The molecule has 0 unspecified atom stereocenters. The van der Waals surface area contributed by atoms with Crippen LogP contribution in [0.5, 0.6) is 0 Å². The Morgan fingerprint density at radius 1 is 1.35 bits per heavy atom. The molecule has 0 aromatic heterocycles. The Morgan fingerprint density at radius 3 is 3.12 bits per heavy atom. The molecule has 4 heteroatoms. The number of carbonyl (C=O) groups excluding carboxylic acids is 1. The summed E-state index contributed by atoms with van der Waals surface area (Å²) in [5.74, 6) is 0.217. The number of ketones is 1. The predicted octanol–water partition coefficient (Wildman–Crippen LogP) is 0.664. The van der Waals surface area contributed by atoms with Crippen molar-refractivity contribution in [2.24, 2.45) is 11.8 Å². The van der Waals surface area contributed by atoms with Crippen LogP contribution in [0.1, 0.15) is 32.1 Å². The zero-order valence-electron chi connectivity index (χ0n) is 9.85. The number of carbonyl (C=O) groups is 1. The smallest absolute Gasteiger partial charge is 0.173 e. The van der Waals surface area contributed by atoms with Gasteiger partial charge in [0.05, 0.1) is 25.2 Å². The average Bonchev–Trinajstić information content (AvgIpc) is 2.79. The van der Waals surface area contributed by atoms with Gasteiger partial charge in [-0.25, -0.2) is 0 Å². The molecule has 4 bridgehead atoms. The lowest BCUT2D eigenvalue weighted by Crippen LogP contribution is -2.62. The average molecular weight is 238 g/mol. The van der Waals surface area contributed by atoms with Crippen molar-refractivity contribution in [3.63, 3.8) is 0 Å². The van der Waals surface area contributed by atoms with Gasteiger partial charge in [0, 0.05) is 5.92 Å². The first-order chi connectivity index (χ1) is 8.17.